The zero-order valence-electron chi connectivity index (χ0n) is 15.9. The van der Waals surface area contributed by atoms with Gasteiger partial charge in [0.1, 0.15) is 34.6 Å². The topological polar surface area (TPSA) is 9.23 Å². The van der Waals surface area contributed by atoms with Crippen LogP contribution in [0.15, 0.2) is 35.9 Å². The molecule has 0 amide bonds. The maximum absolute atomic E-state index is 14.4. The molecule has 2 atom stereocenters. The summed E-state index contributed by atoms with van der Waals surface area (Å²) in [7, 11) is 0. The third-order valence-corrected chi connectivity index (χ3v) is 5.15. The van der Waals surface area contributed by atoms with Gasteiger partial charge in [0.05, 0.1) is 0 Å². The molecule has 1 nitrogen and oxygen atoms in total. The average molecular weight is 454 g/mol. The van der Waals surface area contributed by atoms with Crippen molar-refractivity contribution in [3.63, 3.8) is 0 Å². The van der Waals surface area contributed by atoms with Crippen molar-refractivity contribution in [3.05, 3.63) is 76.1 Å². The molecule has 0 spiro atoms. The van der Waals surface area contributed by atoms with Crippen molar-refractivity contribution in [1.82, 2.24) is 0 Å². The number of hydrogen-bond donors (Lipinski definition) is 0. The Labute approximate surface area is 171 Å². The Morgan fingerprint density at radius 1 is 0.806 bits per heavy atom. The first kappa shape index (κ1) is 23.0. The second-order valence-corrected chi connectivity index (χ2v) is 7.11. The first-order chi connectivity index (χ1) is 14.5. The summed E-state index contributed by atoms with van der Waals surface area (Å²) in [5.74, 6) is -14.8. The summed E-state index contributed by atoms with van der Waals surface area (Å²) in [6.45, 7) is 1.65. The van der Waals surface area contributed by atoms with Crippen molar-refractivity contribution in [3.8, 4) is 5.75 Å². The average Bonchev–Trinajstić information content (AvgIpc) is 2.66. The molecule has 0 bridgehead atoms. The Kier molecular flexibility index (Phi) is 6.29. The summed E-state index contributed by atoms with van der Waals surface area (Å²) >= 11 is 0. The van der Waals surface area contributed by atoms with E-state index in [-0.39, 0.29) is 25.0 Å². The van der Waals surface area contributed by atoms with Crippen LogP contribution in [0, 0.1) is 35.0 Å². The van der Waals surface area contributed by atoms with Gasteiger partial charge in [0.2, 0.25) is 0 Å². The van der Waals surface area contributed by atoms with E-state index in [1.54, 1.807) is 6.92 Å². The molecule has 0 radical (unpaired) electrons. The van der Waals surface area contributed by atoms with Gasteiger partial charge in [-0.1, -0.05) is 6.92 Å². The van der Waals surface area contributed by atoms with Crippen LogP contribution in [0.1, 0.15) is 43.2 Å². The van der Waals surface area contributed by atoms with Crippen LogP contribution in [-0.2, 0) is 6.11 Å². The number of halogens is 9. The van der Waals surface area contributed by atoms with E-state index in [2.05, 4.69) is 4.74 Å². The van der Waals surface area contributed by atoms with Crippen LogP contribution in [0.5, 0.6) is 5.75 Å². The second kappa shape index (κ2) is 8.47. The molecule has 10 heteroatoms. The van der Waals surface area contributed by atoms with Gasteiger partial charge in [0, 0.05) is 24.0 Å². The minimum Gasteiger partial charge on any atom is -0.429 e. The highest BCUT2D eigenvalue weighted by atomic mass is 19.3. The molecule has 0 saturated heterocycles. The van der Waals surface area contributed by atoms with Crippen molar-refractivity contribution in [2.75, 3.05) is 0 Å². The van der Waals surface area contributed by atoms with Crippen LogP contribution in [-0.4, -0.2) is 0 Å². The third-order valence-electron chi connectivity index (χ3n) is 5.15. The molecule has 2 aromatic rings. The largest absolute Gasteiger partial charge is 0.432 e. The molecule has 2 aromatic carbocycles. The predicted octanol–water partition coefficient (Wildman–Crippen LogP) is 7.56. The molecular formula is C21H15F9O. The first-order valence-electron chi connectivity index (χ1n) is 9.22. The summed E-state index contributed by atoms with van der Waals surface area (Å²) in [6, 6.07) is 0.994. The maximum atomic E-state index is 14.4. The number of alkyl halides is 2. The minimum absolute atomic E-state index is 0.0109. The monoisotopic (exact) mass is 454 g/mol. The summed E-state index contributed by atoms with van der Waals surface area (Å²) in [5, 5.41) is 0. The highest BCUT2D eigenvalue weighted by Gasteiger charge is 2.42. The van der Waals surface area contributed by atoms with E-state index in [9.17, 15) is 39.5 Å². The van der Waals surface area contributed by atoms with Gasteiger partial charge < -0.3 is 4.74 Å². The van der Waals surface area contributed by atoms with Gasteiger partial charge in [-0.05, 0) is 37.0 Å². The van der Waals surface area contributed by atoms with Gasteiger partial charge in [0.25, 0.3) is 0 Å². The summed E-state index contributed by atoms with van der Waals surface area (Å²) in [6.07, 6.45) is -4.23. The molecule has 0 aliphatic heterocycles. The number of benzene rings is 2. The molecule has 0 saturated carbocycles. The van der Waals surface area contributed by atoms with Gasteiger partial charge in [0.15, 0.2) is 17.5 Å². The van der Waals surface area contributed by atoms with Crippen LogP contribution in [0.3, 0.4) is 0 Å². The van der Waals surface area contributed by atoms with Crippen LogP contribution in [0.25, 0.3) is 0 Å². The minimum atomic E-state index is -4.76. The Hall–Kier alpha value is -2.65. The fourth-order valence-electron chi connectivity index (χ4n) is 3.54. The van der Waals surface area contributed by atoms with E-state index in [0.717, 1.165) is 0 Å². The quantitative estimate of drug-likeness (QED) is 0.335. The Balaban J connectivity index is 1.96. The molecule has 3 rings (SSSR count). The highest BCUT2D eigenvalue weighted by Crippen LogP contribution is 2.44. The Morgan fingerprint density at radius 2 is 1.35 bits per heavy atom. The molecule has 2 unspecified atom stereocenters. The normalized spacial score (nSPS) is 19.7. The van der Waals surface area contributed by atoms with E-state index in [1.165, 1.54) is 0 Å². The molecule has 1 aliphatic carbocycles. The number of hydrogen-bond acceptors (Lipinski definition) is 1. The lowest BCUT2D eigenvalue weighted by atomic mass is 9.81. The lowest BCUT2D eigenvalue weighted by molar-refractivity contribution is -0.189. The van der Waals surface area contributed by atoms with Crippen molar-refractivity contribution >= 4 is 0 Å². The molecule has 1 aliphatic rings. The molecule has 31 heavy (non-hydrogen) atoms. The van der Waals surface area contributed by atoms with E-state index in [4.69, 9.17) is 0 Å². The van der Waals surface area contributed by atoms with E-state index < -0.39 is 75.6 Å². The fraction of sp³-hybridized carbons (Fsp3) is 0.333. The number of rotatable bonds is 5. The molecular weight excluding hydrogens is 439 g/mol. The SMILES string of the molecule is CCC1CCC(c2cc(F)c(C(F)(F)Oc3cc(F)c(F)c(F)c3)c(F)c2)C(F)=C1F. The van der Waals surface area contributed by atoms with Crippen molar-refractivity contribution in [2.24, 2.45) is 5.92 Å². The van der Waals surface area contributed by atoms with Crippen molar-refractivity contribution < 1.29 is 44.3 Å². The van der Waals surface area contributed by atoms with Crippen molar-refractivity contribution in [1.29, 1.82) is 0 Å². The summed E-state index contributed by atoms with van der Waals surface area (Å²) in [4.78, 5) is 0. The Morgan fingerprint density at radius 3 is 1.87 bits per heavy atom. The van der Waals surface area contributed by atoms with Crippen LogP contribution >= 0.6 is 0 Å². The van der Waals surface area contributed by atoms with Gasteiger partial charge in [-0.2, -0.15) is 8.78 Å². The zero-order valence-corrected chi connectivity index (χ0v) is 15.9. The molecule has 168 valence electrons. The van der Waals surface area contributed by atoms with E-state index in [1.807, 2.05) is 0 Å². The van der Waals surface area contributed by atoms with Crippen LogP contribution < -0.4 is 4.74 Å². The standard InChI is InChI=1S/C21H15F9O/c1-2-9-3-4-12(19(27)18(9)26)10-5-13(22)17(14(23)6-10)21(29,30)31-11-7-15(24)20(28)16(25)8-11/h5-9,12H,2-4H2,1H3. The van der Waals surface area contributed by atoms with E-state index in [0.29, 0.717) is 18.6 Å². The lowest BCUT2D eigenvalue weighted by Crippen LogP contribution is -2.26. The summed E-state index contributed by atoms with van der Waals surface area (Å²) in [5.41, 5.74) is -2.30. The molecule has 0 fully saturated rings. The van der Waals surface area contributed by atoms with Gasteiger partial charge in [-0.3, -0.25) is 0 Å². The number of ether oxygens (including phenoxy) is 1. The van der Waals surface area contributed by atoms with E-state index >= 15 is 0 Å². The van der Waals surface area contributed by atoms with Crippen LogP contribution in [0.2, 0.25) is 0 Å². The fourth-order valence-corrected chi connectivity index (χ4v) is 3.54. The highest BCUT2D eigenvalue weighted by molar-refractivity contribution is 5.36. The maximum Gasteiger partial charge on any atom is 0.432 e. The van der Waals surface area contributed by atoms with Crippen molar-refractivity contribution in [2.45, 2.75) is 38.2 Å². The van der Waals surface area contributed by atoms with Crippen LogP contribution in [0.4, 0.5) is 39.5 Å². The summed E-state index contributed by atoms with van der Waals surface area (Å²) < 4.78 is 129. The molecule has 0 aromatic heterocycles. The zero-order chi connectivity index (χ0) is 23.1. The molecule has 0 heterocycles. The second-order valence-electron chi connectivity index (χ2n) is 7.11. The van der Waals surface area contributed by atoms with Gasteiger partial charge in [-0.25, -0.2) is 30.7 Å². The third kappa shape index (κ3) is 4.38. The first-order valence-corrected chi connectivity index (χ1v) is 9.22. The smallest absolute Gasteiger partial charge is 0.429 e. The number of allylic oxidation sites excluding steroid dienone is 2. The molecule has 0 N–H and O–H groups in total. The Bertz CT molecular complexity index is 985. The lowest BCUT2D eigenvalue weighted by Gasteiger charge is -2.27. The van der Waals surface area contributed by atoms with Gasteiger partial charge >= 0.3 is 6.11 Å². The van der Waals surface area contributed by atoms with Gasteiger partial charge in [-0.15, -0.1) is 0 Å². The predicted molar refractivity (Wildman–Crippen MR) is 92.2 cm³/mol.